The van der Waals surface area contributed by atoms with Gasteiger partial charge in [-0.05, 0) is 37.6 Å². The van der Waals surface area contributed by atoms with Crippen LogP contribution in [0.2, 0.25) is 5.02 Å². The van der Waals surface area contributed by atoms with Gasteiger partial charge in [0, 0.05) is 24.7 Å². The summed E-state index contributed by atoms with van der Waals surface area (Å²) < 4.78 is 5.07. The second-order valence-corrected chi connectivity index (χ2v) is 5.88. The Morgan fingerprint density at radius 1 is 1.50 bits per heavy atom. The zero-order valence-electron chi connectivity index (χ0n) is 12.8. The molecule has 122 valence electrons. The van der Waals surface area contributed by atoms with Crippen LogP contribution in [-0.4, -0.2) is 55.3 Å². The molecule has 1 heterocycles. The van der Waals surface area contributed by atoms with Crippen LogP contribution in [0.4, 0.5) is 0 Å². The van der Waals surface area contributed by atoms with E-state index in [9.17, 15) is 9.90 Å². The predicted octanol–water partition coefficient (Wildman–Crippen LogP) is 1.93. The van der Waals surface area contributed by atoms with E-state index in [1.165, 1.54) is 13.5 Å². The highest BCUT2D eigenvalue weighted by Gasteiger charge is 2.21. The third kappa shape index (κ3) is 4.35. The molecule has 0 spiro atoms. The number of hydrogen-bond donors (Lipinski definition) is 2. The van der Waals surface area contributed by atoms with E-state index in [0.717, 1.165) is 25.9 Å². The molecular formula is C16H23ClN2O3. The van der Waals surface area contributed by atoms with Gasteiger partial charge in [-0.2, -0.15) is 0 Å². The van der Waals surface area contributed by atoms with Crippen LogP contribution in [0.25, 0.3) is 0 Å². The van der Waals surface area contributed by atoms with Crippen LogP contribution in [-0.2, 0) is 0 Å². The standard InChI is InChI=1S/C16H23ClN2O3/c1-22-15-6-5-12(10-14(15)17)16(21)18-7-9-19-8-3-2-4-13(19)11-20/h5-6,10,13,20H,2-4,7-9,11H2,1H3,(H,18,21). The van der Waals surface area contributed by atoms with E-state index < -0.39 is 0 Å². The van der Waals surface area contributed by atoms with Gasteiger partial charge >= 0.3 is 0 Å². The summed E-state index contributed by atoms with van der Waals surface area (Å²) in [6.07, 6.45) is 3.34. The number of amides is 1. The van der Waals surface area contributed by atoms with Gasteiger partial charge in [-0.1, -0.05) is 18.0 Å². The van der Waals surface area contributed by atoms with Gasteiger partial charge in [-0.25, -0.2) is 0 Å². The Labute approximate surface area is 136 Å². The molecular weight excluding hydrogens is 304 g/mol. The number of piperidine rings is 1. The van der Waals surface area contributed by atoms with Crippen molar-refractivity contribution >= 4 is 17.5 Å². The van der Waals surface area contributed by atoms with Gasteiger partial charge in [-0.15, -0.1) is 0 Å². The molecule has 5 nitrogen and oxygen atoms in total. The molecule has 1 amide bonds. The number of aliphatic hydroxyl groups excluding tert-OH is 1. The highest BCUT2D eigenvalue weighted by atomic mass is 35.5. The van der Waals surface area contributed by atoms with Crippen molar-refractivity contribution in [3.05, 3.63) is 28.8 Å². The van der Waals surface area contributed by atoms with E-state index in [4.69, 9.17) is 16.3 Å². The Hall–Kier alpha value is -1.30. The molecule has 1 aliphatic heterocycles. The molecule has 1 aliphatic rings. The number of hydrogen-bond acceptors (Lipinski definition) is 4. The van der Waals surface area contributed by atoms with Crippen molar-refractivity contribution in [3.63, 3.8) is 0 Å². The number of nitrogens with zero attached hydrogens (tertiary/aromatic N) is 1. The monoisotopic (exact) mass is 326 g/mol. The number of carbonyl (C=O) groups is 1. The van der Waals surface area contributed by atoms with E-state index in [1.54, 1.807) is 18.2 Å². The number of aliphatic hydroxyl groups is 1. The summed E-state index contributed by atoms with van der Waals surface area (Å²) >= 11 is 6.03. The van der Waals surface area contributed by atoms with Gasteiger partial charge in [0.15, 0.2) is 0 Å². The van der Waals surface area contributed by atoms with Crippen LogP contribution >= 0.6 is 11.6 Å². The number of nitrogens with one attached hydrogen (secondary N) is 1. The SMILES string of the molecule is COc1ccc(C(=O)NCCN2CCCCC2CO)cc1Cl. The summed E-state index contributed by atoms with van der Waals surface area (Å²) in [4.78, 5) is 14.4. The maximum absolute atomic E-state index is 12.1. The number of carbonyl (C=O) groups excluding carboxylic acids is 1. The zero-order valence-corrected chi connectivity index (χ0v) is 13.6. The minimum absolute atomic E-state index is 0.151. The van der Waals surface area contributed by atoms with Gasteiger partial charge in [0.2, 0.25) is 0 Å². The van der Waals surface area contributed by atoms with E-state index >= 15 is 0 Å². The molecule has 2 N–H and O–H groups in total. The van der Waals surface area contributed by atoms with Crippen LogP contribution in [0, 0.1) is 0 Å². The van der Waals surface area contributed by atoms with Crippen molar-refractivity contribution in [3.8, 4) is 5.75 Å². The predicted molar refractivity (Wildman–Crippen MR) is 86.6 cm³/mol. The van der Waals surface area contributed by atoms with Crippen LogP contribution in [0.5, 0.6) is 5.75 Å². The lowest BCUT2D eigenvalue weighted by Gasteiger charge is -2.34. The molecule has 2 rings (SSSR count). The smallest absolute Gasteiger partial charge is 0.251 e. The molecule has 0 saturated carbocycles. The second-order valence-electron chi connectivity index (χ2n) is 5.47. The number of halogens is 1. The third-order valence-electron chi connectivity index (χ3n) is 4.06. The number of benzene rings is 1. The lowest BCUT2D eigenvalue weighted by atomic mass is 10.0. The number of rotatable bonds is 6. The van der Waals surface area contributed by atoms with Gasteiger partial charge < -0.3 is 15.2 Å². The van der Waals surface area contributed by atoms with Crippen LogP contribution in [0.1, 0.15) is 29.6 Å². The number of likely N-dealkylation sites (tertiary alicyclic amines) is 1. The minimum atomic E-state index is -0.151. The lowest BCUT2D eigenvalue weighted by molar-refractivity contribution is 0.0849. The maximum atomic E-state index is 12.1. The van der Waals surface area contributed by atoms with Gasteiger partial charge in [0.1, 0.15) is 5.75 Å². The molecule has 6 heteroatoms. The highest BCUT2D eigenvalue weighted by molar-refractivity contribution is 6.32. The Bertz CT molecular complexity index is 510. The fourth-order valence-electron chi connectivity index (χ4n) is 2.78. The normalized spacial score (nSPS) is 19.0. The Morgan fingerprint density at radius 2 is 2.32 bits per heavy atom. The summed E-state index contributed by atoms with van der Waals surface area (Å²) in [5.41, 5.74) is 0.517. The van der Waals surface area contributed by atoms with E-state index in [2.05, 4.69) is 10.2 Å². The first-order chi connectivity index (χ1) is 10.7. The fraction of sp³-hybridized carbons (Fsp3) is 0.562. The van der Waals surface area contributed by atoms with Crippen molar-refractivity contribution in [1.29, 1.82) is 0 Å². The van der Waals surface area contributed by atoms with E-state index in [1.807, 2.05) is 0 Å². The molecule has 1 aromatic carbocycles. The van der Waals surface area contributed by atoms with Crippen molar-refractivity contribution in [1.82, 2.24) is 10.2 Å². The van der Waals surface area contributed by atoms with Crippen LogP contribution < -0.4 is 10.1 Å². The first-order valence-corrected chi connectivity index (χ1v) is 8.00. The summed E-state index contributed by atoms with van der Waals surface area (Å²) in [7, 11) is 1.54. The molecule has 22 heavy (non-hydrogen) atoms. The van der Waals surface area contributed by atoms with Crippen molar-refractivity contribution in [2.75, 3.05) is 33.4 Å². The summed E-state index contributed by atoms with van der Waals surface area (Å²) in [5.74, 6) is 0.402. The highest BCUT2D eigenvalue weighted by Crippen LogP contribution is 2.24. The molecule has 0 aliphatic carbocycles. The van der Waals surface area contributed by atoms with Crippen LogP contribution in [0.3, 0.4) is 0 Å². The van der Waals surface area contributed by atoms with Crippen molar-refractivity contribution < 1.29 is 14.6 Å². The van der Waals surface area contributed by atoms with Gasteiger partial charge in [-0.3, -0.25) is 9.69 Å². The Balaban J connectivity index is 1.83. The third-order valence-corrected chi connectivity index (χ3v) is 4.35. The first kappa shape index (κ1) is 17.1. The molecule has 0 bridgehead atoms. The summed E-state index contributed by atoms with van der Waals surface area (Å²) in [5, 5.41) is 12.7. The topological polar surface area (TPSA) is 61.8 Å². The number of methoxy groups -OCH3 is 1. The van der Waals surface area contributed by atoms with Crippen molar-refractivity contribution in [2.24, 2.45) is 0 Å². The first-order valence-electron chi connectivity index (χ1n) is 7.62. The quantitative estimate of drug-likeness (QED) is 0.838. The summed E-state index contributed by atoms with van der Waals surface area (Å²) in [6, 6.07) is 5.20. The molecule has 1 fully saturated rings. The van der Waals surface area contributed by atoms with E-state index in [-0.39, 0.29) is 18.6 Å². The molecule has 0 radical (unpaired) electrons. The fourth-order valence-corrected chi connectivity index (χ4v) is 3.04. The zero-order chi connectivity index (χ0) is 15.9. The lowest BCUT2D eigenvalue weighted by Crippen LogP contribution is -2.45. The second kappa shape index (κ2) is 8.36. The van der Waals surface area contributed by atoms with Gasteiger partial charge in [0.25, 0.3) is 5.91 Å². The minimum Gasteiger partial charge on any atom is -0.495 e. The molecule has 1 unspecified atom stereocenters. The maximum Gasteiger partial charge on any atom is 0.251 e. The average Bonchev–Trinajstić information content (AvgIpc) is 2.55. The van der Waals surface area contributed by atoms with E-state index in [0.29, 0.717) is 22.9 Å². The Kier molecular flexibility index (Phi) is 6.49. The molecule has 0 aromatic heterocycles. The molecule has 1 atom stereocenters. The number of ether oxygens (including phenoxy) is 1. The van der Waals surface area contributed by atoms with Gasteiger partial charge in [0.05, 0.1) is 18.7 Å². The molecule has 1 saturated heterocycles. The Morgan fingerprint density at radius 3 is 3.00 bits per heavy atom. The average molecular weight is 327 g/mol. The molecule has 1 aromatic rings. The van der Waals surface area contributed by atoms with Crippen LogP contribution in [0.15, 0.2) is 18.2 Å². The summed E-state index contributed by atoms with van der Waals surface area (Å²) in [6.45, 7) is 2.47. The van der Waals surface area contributed by atoms with Crippen molar-refractivity contribution in [2.45, 2.75) is 25.3 Å². The largest absolute Gasteiger partial charge is 0.495 e.